The maximum absolute atomic E-state index is 12.8. The maximum Gasteiger partial charge on any atom is 0.341 e. The first-order chi connectivity index (χ1) is 13.0. The molecule has 3 rings (SSSR count). The van der Waals surface area contributed by atoms with E-state index in [-0.39, 0.29) is 5.56 Å². The molecule has 1 amide bonds. The van der Waals surface area contributed by atoms with Crippen molar-refractivity contribution in [3.63, 3.8) is 0 Å². The number of fused-ring (bicyclic) bond motifs is 1. The Morgan fingerprint density at radius 2 is 1.82 bits per heavy atom. The first-order valence-electron chi connectivity index (χ1n) is 8.67. The third-order valence-electron chi connectivity index (χ3n) is 5.16. The quantitative estimate of drug-likeness (QED) is 0.410. The minimum atomic E-state index is -3.92. The van der Waals surface area contributed by atoms with Crippen LogP contribution in [0.1, 0.15) is 31.1 Å². The van der Waals surface area contributed by atoms with Gasteiger partial charge in [0.1, 0.15) is 11.4 Å². The number of rotatable bonds is 5. The first kappa shape index (κ1) is 20.3. The summed E-state index contributed by atoms with van der Waals surface area (Å²) in [6, 6.07) is 6.68. The van der Waals surface area contributed by atoms with Crippen LogP contribution >= 0.6 is 0 Å². The SMILES string of the molecule is C[C@H](OC(=O)c1ccccc1)OC(=O)[C@@H]1N2C(=O)[C@@H](CO)[C@H]2S(=O)(=O)C1(C)C. The van der Waals surface area contributed by atoms with E-state index >= 15 is 0 Å². The Labute approximate surface area is 162 Å². The molecule has 28 heavy (non-hydrogen) atoms. The molecule has 0 unspecified atom stereocenters. The molecule has 1 aromatic rings. The highest BCUT2D eigenvalue weighted by atomic mass is 32.2. The lowest BCUT2D eigenvalue weighted by molar-refractivity contribution is -0.181. The molecular weight excluding hydrogens is 390 g/mol. The molecule has 10 heteroatoms. The fourth-order valence-electron chi connectivity index (χ4n) is 3.60. The first-order valence-corrected chi connectivity index (χ1v) is 10.2. The van der Waals surface area contributed by atoms with Gasteiger partial charge in [-0.25, -0.2) is 18.0 Å². The van der Waals surface area contributed by atoms with Crippen LogP contribution < -0.4 is 0 Å². The van der Waals surface area contributed by atoms with Crippen molar-refractivity contribution in [2.24, 2.45) is 5.92 Å². The lowest BCUT2D eigenvalue weighted by atomic mass is 9.92. The van der Waals surface area contributed by atoms with Crippen LogP contribution in [-0.2, 0) is 28.9 Å². The number of aliphatic hydroxyl groups excluding tert-OH is 1. The highest BCUT2D eigenvalue weighted by Gasteiger charge is 2.72. The number of carbonyl (C=O) groups is 3. The van der Waals surface area contributed by atoms with Crippen LogP contribution in [0.2, 0.25) is 0 Å². The minimum absolute atomic E-state index is 0.262. The summed E-state index contributed by atoms with van der Waals surface area (Å²) in [7, 11) is -3.92. The number of amides is 1. The van der Waals surface area contributed by atoms with Crippen molar-refractivity contribution in [3.8, 4) is 0 Å². The molecule has 0 radical (unpaired) electrons. The van der Waals surface area contributed by atoms with Crippen molar-refractivity contribution in [2.45, 2.75) is 43.2 Å². The van der Waals surface area contributed by atoms with Crippen LogP contribution in [0, 0.1) is 5.92 Å². The van der Waals surface area contributed by atoms with Gasteiger partial charge in [0.05, 0.1) is 22.8 Å². The molecule has 2 heterocycles. The number of ether oxygens (including phenoxy) is 2. The molecule has 152 valence electrons. The van der Waals surface area contributed by atoms with Crippen LogP contribution in [-0.4, -0.2) is 65.3 Å². The molecule has 0 saturated carbocycles. The highest BCUT2D eigenvalue weighted by molar-refractivity contribution is 7.93. The van der Waals surface area contributed by atoms with Gasteiger partial charge in [-0.15, -0.1) is 0 Å². The molecule has 4 atom stereocenters. The number of aliphatic hydroxyl groups is 1. The van der Waals surface area contributed by atoms with Gasteiger partial charge in [0.25, 0.3) is 0 Å². The predicted molar refractivity (Wildman–Crippen MR) is 95.4 cm³/mol. The molecule has 2 aliphatic heterocycles. The molecule has 0 bridgehead atoms. The molecule has 1 N–H and O–H groups in total. The summed E-state index contributed by atoms with van der Waals surface area (Å²) in [5, 5.41) is 8.03. The summed E-state index contributed by atoms with van der Waals surface area (Å²) < 4.78 is 34.1. The number of hydrogen-bond acceptors (Lipinski definition) is 8. The zero-order valence-corrected chi connectivity index (χ0v) is 16.4. The number of nitrogens with zero attached hydrogens (tertiary/aromatic N) is 1. The van der Waals surface area contributed by atoms with Crippen LogP contribution in [0.25, 0.3) is 0 Å². The van der Waals surface area contributed by atoms with Gasteiger partial charge in [-0.1, -0.05) is 18.2 Å². The largest absolute Gasteiger partial charge is 0.424 e. The van der Waals surface area contributed by atoms with E-state index in [2.05, 4.69) is 0 Å². The van der Waals surface area contributed by atoms with E-state index in [9.17, 15) is 27.9 Å². The van der Waals surface area contributed by atoms with Crippen molar-refractivity contribution in [3.05, 3.63) is 35.9 Å². The van der Waals surface area contributed by atoms with E-state index < -0.39 is 62.7 Å². The molecule has 0 spiro atoms. The molecular formula is C18H21NO8S. The topological polar surface area (TPSA) is 127 Å². The Morgan fingerprint density at radius 1 is 1.21 bits per heavy atom. The number of carbonyl (C=O) groups excluding carboxylic acids is 3. The third-order valence-corrected chi connectivity index (χ3v) is 8.04. The zero-order chi connectivity index (χ0) is 20.9. The van der Waals surface area contributed by atoms with Crippen LogP contribution in [0.15, 0.2) is 30.3 Å². The fraction of sp³-hybridized carbons (Fsp3) is 0.500. The lowest BCUT2D eigenvalue weighted by Crippen LogP contribution is -2.64. The smallest absolute Gasteiger partial charge is 0.341 e. The normalized spacial score (nSPS) is 28.1. The predicted octanol–water partition coefficient (Wildman–Crippen LogP) is 0.0850. The number of esters is 2. The highest BCUT2D eigenvalue weighted by Crippen LogP contribution is 2.48. The average Bonchev–Trinajstić information content (AvgIpc) is 2.77. The summed E-state index contributed by atoms with van der Waals surface area (Å²) in [5.41, 5.74) is 0.262. The van der Waals surface area contributed by atoms with Crippen LogP contribution in [0.5, 0.6) is 0 Å². The zero-order valence-electron chi connectivity index (χ0n) is 15.6. The van der Waals surface area contributed by atoms with Gasteiger partial charge in [0.15, 0.2) is 9.84 Å². The van der Waals surface area contributed by atoms with Crippen molar-refractivity contribution < 1.29 is 37.4 Å². The Bertz CT molecular complexity index is 911. The number of benzene rings is 1. The van der Waals surface area contributed by atoms with Crippen molar-refractivity contribution >= 4 is 27.7 Å². The van der Waals surface area contributed by atoms with E-state index in [1.165, 1.54) is 32.9 Å². The molecule has 2 aliphatic rings. The molecule has 2 fully saturated rings. The van der Waals surface area contributed by atoms with Gasteiger partial charge in [-0.05, 0) is 26.0 Å². The second-order valence-corrected chi connectivity index (χ2v) is 9.88. The Kier molecular flexibility index (Phi) is 4.96. The van der Waals surface area contributed by atoms with Crippen LogP contribution in [0.3, 0.4) is 0 Å². The van der Waals surface area contributed by atoms with Gasteiger partial charge < -0.3 is 19.5 Å². The summed E-state index contributed by atoms with van der Waals surface area (Å²) in [5.74, 6) is -3.42. The fourth-order valence-corrected chi connectivity index (χ4v) is 5.91. The van der Waals surface area contributed by atoms with Crippen molar-refractivity contribution in [1.82, 2.24) is 4.90 Å². The third kappa shape index (κ3) is 2.87. The summed E-state index contributed by atoms with van der Waals surface area (Å²) >= 11 is 0. The number of sulfone groups is 1. The van der Waals surface area contributed by atoms with Gasteiger partial charge in [0, 0.05) is 6.92 Å². The van der Waals surface area contributed by atoms with E-state index in [0.29, 0.717) is 0 Å². The molecule has 0 aromatic heterocycles. The van der Waals surface area contributed by atoms with Gasteiger partial charge in [-0.3, -0.25) is 4.79 Å². The van der Waals surface area contributed by atoms with Gasteiger partial charge >= 0.3 is 11.9 Å². The van der Waals surface area contributed by atoms with Crippen molar-refractivity contribution in [2.75, 3.05) is 6.61 Å². The molecule has 2 saturated heterocycles. The van der Waals surface area contributed by atoms with E-state index in [1.807, 2.05) is 0 Å². The second kappa shape index (κ2) is 6.85. The lowest BCUT2D eigenvalue weighted by Gasteiger charge is -2.42. The summed E-state index contributed by atoms with van der Waals surface area (Å²) in [6.45, 7) is 3.35. The van der Waals surface area contributed by atoms with Gasteiger partial charge in [-0.2, -0.15) is 0 Å². The summed E-state index contributed by atoms with van der Waals surface area (Å²) in [6.07, 6.45) is -1.29. The summed E-state index contributed by atoms with van der Waals surface area (Å²) in [4.78, 5) is 37.9. The van der Waals surface area contributed by atoms with E-state index in [4.69, 9.17) is 9.47 Å². The monoisotopic (exact) mass is 411 g/mol. The second-order valence-electron chi connectivity index (χ2n) is 7.25. The molecule has 1 aromatic carbocycles. The van der Waals surface area contributed by atoms with E-state index in [0.717, 1.165) is 4.90 Å². The van der Waals surface area contributed by atoms with Crippen molar-refractivity contribution in [1.29, 1.82) is 0 Å². The maximum atomic E-state index is 12.8. The Morgan fingerprint density at radius 3 is 2.39 bits per heavy atom. The van der Waals surface area contributed by atoms with Gasteiger partial charge in [0.2, 0.25) is 12.2 Å². The average molecular weight is 411 g/mol. The minimum Gasteiger partial charge on any atom is -0.424 e. The van der Waals surface area contributed by atoms with E-state index in [1.54, 1.807) is 18.2 Å². The standard InChI is InChI=1S/C18H21NO8S/c1-10(26-16(22)11-7-5-4-6-8-11)27-17(23)13-18(2,3)28(24,25)15-12(9-20)14(21)19(13)15/h4-8,10,12-13,15,20H,9H2,1-3H3/t10-,12-,13+,15-/m1/s1. The molecule has 9 nitrogen and oxygen atoms in total. The Balaban J connectivity index is 1.75. The molecule has 0 aliphatic carbocycles. The Hall–Kier alpha value is -2.46. The number of hydrogen-bond donors (Lipinski definition) is 1. The number of β-lactam (4-membered cyclic amide) rings is 1. The van der Waals surface area contributed by atoms with Crippen LogP contribution in [0.4, 0.5) is 0 Å².